The third-order valence-electron chi connectivity index (χ3n) is 3.61. The Balaban J connectivity index is 2.36. The zero-order valence-corrected chi connectivity index (χ0v) is 14.3. The molecule has 0 saturated heterocycles. The summed E-state index contributed by atoms with van der Waals surface area (Å²) in [7, 11) is 0. The second kappa shape index (κ2) is 8.21. The Morgan fingerprint density at radius 3 is 1.72 bits per heavy atom. The summed E-state index contributed by atoms with van der Waals surface area (Å²) in [5, 5.41) is 0. The van der Waals surface area contributed by atoms with Crippen molar-refractivity contribution in [2.45, 2.75) is 19.9 Å². The Morgan fingerprint density at radius 1 is 0.920 bits per heavy atom. The van der Waals surface area contributed by atoms with Gasteiger partial charge in [0.05, 0.1) is 6.04 Å². The van der Waals surface area contributed by atoms with Crippen LogP contribution in [0.3, 0.4) is 0 Å². The normalized spacial score (nSPS) is 11.5. The molecule has 6 heteroatoms. The van der Waals surface area contributed by atoms with Gasteiger partial charge in [-0.3, -0.25) is 24.2 Å². The molecule has 0 aliphatic rings. The lowest BCUT2D eigenvalue weighted by molar-refractivity contribution is -0.146. The van der Waals surface area contributed by atoms with Crippen molar-refractivity contribution >= 4 is 29.1 Å². The minimum absolute atomic E-state index is 0.376. The predicted octanol–water partition coefficient (Wildman–Crippen LogP) is 2.07. The summed E-state index contributed by atoms with van der Waals surface area (Å²) in [5.41, 5.74) is 6.88. The molecule has 2 aromatic rings. The Bertz CT molecular complexity index is 706. The molecule has 0 heterocycles. The zero-order valence-electron chi connectivity index (χ0n) is 14.3. The quantitative estimate of drug-likeness (QED) is 0.904. The molecule has 2 aromatic carbocycles. The van der Waals surface area contributed by atoms with E-state index >= 15 is 0 Å². The van der Waals surface area contributed by atoms with E-state index in [9.17, 15) is 14.4 Å². The average molecular weight is 339 g/mol. The Hall–Kier alpha value is -2.99. The third-order valence-corrected chi connectivity index (χ3v) is 3.61. The molecule has 0 saturated carbocycles. The van der Waals surface area contributed by atoms with Gasteiger partial charge in [-0.25, -0.2) is 0 Å². The van der Waals surface area contributed by atoms with Crippen molar-refractivity contribution in [3.63, 3.8) is 0 Å². The maximum atomic E-state index is 12.9. The number of nitrogens with zero attached hydrogens (tertiary/aromatic N) is 2. The summed E-state index contributed by atoms with van der Waals surface area (Å²) < 4.78 is 0. The van der Waals surface area contributed by atoms with Gasteiger partial charge in [-0.05, 0) is 31.2 Å². The number of hydrogen-bond acceptors (Lipinski definition) is 4. The highest BCUT2D eigenvalue weighted by Crippen LogP contribution is 2.25. The summed E-state index contributed by atoms with van der Waals surface area (Å²) in [5.74, 6) is -1.50. The van der Waals surface area contributed by atoms with Gasteiger partial charge in [-0.15, -0.1) is 0 Å². The fourth-order valence-electron chi connectivity index (χ4n) is 2.39. The van der Waals surface area contributed by atoms with E-state index in [1.807, 2.05) is 36.4 Å². The van der Waals surface area contributed by atoms with Crippen LogP contribution < -0.4 is 10.6 Å². The summed E-state index contributed by atoms with van der Waals surface area (Å²) in [4.78, 5) is 39.2. The minimum Gasteiger partial charge on any atom is -0.320 e. The van der Waals surface area contributed by atoms with Gasteiger partial charge < -0.3 is 5.73 Å². The van der Waals surface area contributed by atoms with Gasteiger partial charge in [0.15, 0.2) is 0 Å². The summed E-state index contributed by atoms with van der Waals surface area (Å²) >= 11 is 0. The monoisotopic (exact) mass is 339 g/mol. The van der Waals surface area contributed by atoms with Gasteiger partial charge in [-0.2, -0.15) is 0 Å². The summed E-state index contributed by atoms with van der Waals surface area (Å²) in [6.45, 7) is 2.34. The number of rotatable bonds is 5. The molecular weight excluding hydrogens is 318 g/mol. The number of benzene rings is 2. The Morgan fingerprint density at radius 2 is 1.36 bits per heavy atom. The van der Waals surface area contributed by atoms with Crippen LogP contribution in [-0.2, 0) is 14.4 Å². The first-order chi connectivity index (χ1) is 11.9. The van der Waals surface area contributed by atoms with Crippen molar-refractivity contribution in [1.29, 1.82) is 0 Å². The lowest BCUT2D eigenvalue weighted by atomic mass is 10.2. The molecule has 25 heavy (non-hydrogen) atoms. The first-order valence-electron chi connectivity index (χ1n) is 7.92. The third kappa shape index (κ3) is 4.51. The second-order valence-corrected chi connectivity index (χ2v) is 5.63. The lowest BCUT2D eigenvalue weighted by Crippen LogP contribution is -2.49. The first-order valence-corrected chi connectivity index (χ1v) is 7.92. The van der Waals surface area contributed by atoms with Crippen LogP contribution in [0.5, 0.6) is 0 Å². The molecule has 0 unspecified atom stereocenters. The smallest absolute Gasteiger partial charge is 0.251 e. The van der Waals surface area contributed by atoms with Crippen molar-refractivity contribution in [2.24, 2.45) is 5.73 Å². The fourth-order valence-corrected chi connectivity index (χ4v) is 2.39. The van der Waals surface area contributed by atoms with Crippen LogP contribution >= 0.6 is 0 Å². The molecular formula is C19H21N3O3. The zero-order chi connectivity index (χ0) is 18.4. The molecule has 1 atom stereocenters. The van der Waals surface area contributed by atoms with Crippen molar-refractivity contribution in [1.82, 2.24) is 4.90 Å². The van der Waals surface area contributed by atoms with E-state index in [1.165, 1.54) is 18.7 Å². The molecule has 6 nitrogen and oxygen atoms in total. The van der Waals surface area contributed by atoms with Crippen molar-refractivity contribution in [2.75, 3.05) is 11.4 Å². The molecule has 0 bridgehead atoms. The maximum Gasteiger partial charge on any atom is 0.251 e. The number of hydrogen-bond donors (Lipinski definition) is 1. The van der Waals surface area contributed by atoms with Crippen molar-refractivity contribution in [3.05, 3.63) is 60.7 Å². The number of anilines is 2. The van der Waals surface area contributed by atoms with E-state index in [0.717, 1.165) is 4.90 Å². The molecule has 3 amide bonds. The number of para-hydroxylation sites is 2. The van der Waals surface area contributed by atoms with Crippen LogP contribution in [0.1, 0.15) is 13.8 Å². The van der Waals surface area contributed by atoms with Crippen LogP contribution in [0.25, 0.3) is 0 Å². The highest BCUT2D eigenvalue weighted by Gasteiger charge is 2.27. The second-order valence-electron chi connectivity index (χ2n) is 5.63. The molecule has 0 radical (unpaired) electrons. The topological polar surface area (TPSA) is 83.7 Å². The molecule has 2 N–H and O–H groups in total. The Kier molecular flexibility index (Phi) is 6.03. The molecule has 130 valence electrons. The fraction of sp³-hybridized carbons (Fsp3) is 0.211. The van der Waals surface area contributed by atoms with Gasteiger partial charge in [-0.1, -0.05) is 36.4 Å². The molecule has 0 spiro atoms. The maximum absolute atomic E-state index is 12.9. The number of carbonyl (C=O) groups is 3. The highest BCUT2D eigenvalue weighted by molar-refractivity contribution is 6.06. The molecule has 2 rings (SSSR count). The van der Waals surface area contributed by atoms with Crippen LogP contribution in [0, 0.1) is 0 Å². The van der Waals surface area contributed by atoms with Gasteiger partial charge >= 0.3 is 0 Å². The van der Waals surface area contributed by atoms with Crippen LogP contribution in [0.15, 0.2) is 60.7 Å². The molecule has 0 aliphatic heterocycles. The lowest BCUT2D eigenvalue weighted by Gasteiger charge is -2.27. The number of nitrogens with two attached hydrogens (primary N) is 1. The van der Waals surface area contributed by atoms with Gasteiger partial charge in [0.1, 0.15) is 6.54 Å². The van der Waals surface area contributed by atoms with Gasteiger partial charge in [0.2, 0.25) is 11.8 Å². The van der Waals surface area contributed by atoms with Gasteiger partial charge in [0, 0.05) is 18.3 Å². The van der Waals surface area contributed by atoms with E-state index in [1.54, 1.807) is 24.3 Å². The van der Waals surface area contributed by atoms with E-state index in [4.69, 9.17) is 5.73 Å². The number of carbonyl (C=O) groups excluding carboxylic acids is 3. The van der Waals surface area contributed by atoms with Crippen molar-refractivity contribution in [3.8, 4) is 0 Å². The average Bonchev–Trinajstić information content (AvgIpc) is 2.61. The number of amides is 3. The molecule has 0 aliphatic carbocycles. The van der Waals surface area contributed by atoms with Crippen LogP contribution in [0.2, 0.25) is 0 Å². The SMILES string of the molecule is CC(=O)N(CC(=O)N(c1ccccc1)c1ccccc1)C(=O)[C@H](C)N. The summed E-state index contributed by atoms with van der Waals surface area (Å²) in [6.07, 6.45) is 0. The van der Waals surface area contributed by atoms with E-state index in [0.29, 0.717) is 11.4 Å². The standard InChI is InChI=1S/C19H21N3O3/c1-14(20)19(25)21(15(2)23)13-18(24)22(16-9-5-3-6-10-16)17-11-7-4-8-12-17/h3-12,14H,13,20H2,1-2H3/t14-/m0/s1. The van der Waals surface area contributed by atoms with E-state index in [-0.39, 0.29) is 6.54 Å². The Labute approximate surface area is 146 Å². The van der Waals surface area contributed by atoms with Crippen LogP contribution in [-0.4, -0.2) is 35.2 Å². The highest BCUT2D eigenvalue weighted by atomic mass is 16.2. The molecule has 0 aromatic heterocycles. The van der Waals surface area contributed by atoms with E-state index in [2.05, 4.69) is 0 Å². The van der Waals surface area contributed by atoms with E-state index < -0.39 is 23.8 Å². The van der Waals surface area contributed by atoms with Gasteiger partial charge in [0.25, 0.3) is 5.91 Å². The largest absolute Gasteiger partial charge is 0.320 e. The summed E-state index contributed by atoms with van der Waals surface area (Å²) in [6, 6.07) is 17.2. The first kappa shape index (κ1) is 18.4. The predicted molar refractivity (Wildman–Crippen MR) is 96.1 cm³/mol. The van der Waals surface area contributed by atoms with Crippen LogP contribution in [0.4, 0.5) is 11.4 Å². The van der Waals surface area contributed by atoms with Crippen molar-refractivity contribution < 1.29 is 14.4 Å². The molecule has 0 fully saturated rings. The minimum atomic E-state index is -0.862. The number of imide groups is 1.